The van der Waals surface area contributed by atoms with E-state index in [1.165, 1.54) is 6.20 Å². The lowest BCUT2D eigenvalue weighted by Crippen LogP contribution is -1.83. The molecule has 4 heteroatoms. The molecular weight excluding hydrogens is 195 g/mol. The zero-order valence-electron chi connectivity index (χ0n) is 5.96. The first-order valence-corrected chi connectivity index (χ1v) is 4.10. The van der Waals surface area contributed by atoms with Crippen molar-refractivity contribution in [3.63, 3.8) is 0 Å². The second kappa shape index (κ2) is 2.88. The molecule has 0 amide bonds. The second-order valence-electron chi connectivity index (χ2n) is 2.33. The van der Waals surface area contributed by atoms with Crippen molar-refractivity contribution in [3.05, 3.63) is 34.4 Å². The molecule has 2 nitrogen and oxygen atoms in total. The van der Waals surface area contributed by atoms with E-state index in [4.69, 9.17) is 23.2 Å². The van der Waals surface area contributed by atoms with E-state index in [9.17, 15) is 0 Å². The highest BCUT2D eigenvalue weighted by Crippen LogP contribution is 2.27. The van der Waals surface area contributed by atoms with Crippen LogP contribution in [0.1, 0.15) is 0 Å². The van der Waals surface area contributed by atoms with Crippen LogP contribution < -0.4 is 0 Å². The lowest BCUT2D eigenvalue weighted by atomic mass is 10.2. The third-order valence-corrected chi connectivity index (χ3v) is 2.17. The Balaban J connectivity index is 2.96. The van der Waals surface area contributed by atoms with Gasteiger partial charge in [0, 0.05) is 5.39 Å². The largest absolute Gasteiger partial charge is 0.157 e. The molecule has 0 atom stereocenters. The van der Waals surface area contributed by atoms with Crippen molar-refractivity contribution in [2.45, 2.75) is 0 Å². The van der Waals surface area contributed by atoms with Crippen LogP contribution in [0.2, 0.25) is 10.0 Å². The second-order valence-corrected chi connectivity index (χ2v) is 3.14. The van der Waals surface area contributed by atoms with Gasteiger partial charge in [-0.15, -0.1) is 0 Å². The number of rotatable bonds is 0. The number of hydrogen-bond acceptors (Lipinski definition) is 2. The number of halogens is 2. The Morgan fingerprint density at radius 1 is 1.08 bits per heavy atom. The normalized spacial score (nSPS) is 10.5. The van der Waals surface area contributed by atoms with Crippen molar-refractivity contribution in [3.8, 4) is 0 Å². The molecule has 0 aliphatic carbocycles. The molecule has 0 bridgehead atoms. The van der Waals surface area contributed by atoms with Crippen molar-refractivity contribution in [1.82, 2.24) is 10.2 Å². The van der Waals surface area contributed by atoms with Gasteiger partial charge in [0.05, 0.1) is 21.8 Å². The van der Waals surface area contributed by atoms with Gasteiger partial charge in [0.25, 0.3) is 0 Å². The predicted octanol–water partition coefficient (Wildman–Crippen LogP) is 2.94. The summed E-state index contributed by atoms with van der Waals surface area (Å²) < 4.78 is 0. The Bertz CT molecular complexity index is 392. The van der Waals surface area contributed by atoms with Crippen LogP contribution in [-0.4, -0.2) is 10.2 Å². The molecule has 1 heterocycles. The van der Waals surface area contributed by atoms with Gasteiger partial charge in [-0.2, -0.15) is 10.2 Å². The summed E-state index contributed by atoms with van der Waals surface area (Å²) in [6.45, 7) is 0. The van der Waals surface area contributed by atoms with Gasteiger partial charge in [0.2, 0.25) is 0 Å². The summed E-state index contributed by atoms with van der Waals surface area (Å²) in [5.41, 5.74) is 0.718. The minimum absolute atomic E-state index is 0.533. The Labute approximate surface area is 79.1 Å². The molecule has 60 valence electrons. The maximum atomic E-state index is 5.91. The first-order valence-electron chi connectivity index (χ1n) is 3.34. The summed E-state index contributed by atoms with van der Waals surface area (Å²) in [5, 5.41) is 9.49. The molecule has 0 saturated heterocycles. The Morgan fingerprint density at radius 3 is 2.67 bits per heavy atom. The summed E-state index contributed by atoms with van der Waals surface area (Å²) in [6.07, 6.45) is 1.48. The monoisotopic (exact) mass is 198 g/mol. The Hall–Kier alpha value is -0.860. The van der Waals surface area contributed by atoms with E-state index in [0.717, 1.165) is 10.9 Å². The van der Waals surface area contributed by atoms with Crippen LogP contribution in [0.3, 0.4) is 0 Å². The maximum Gasteiger partial charge on any atom is 0.0959 e. The lowest BCUT2D eigenvalue weighted by molar-refractivity contribution is 1.08. The number of nitrogens with zero attached hydrogens (tertiary/aromatic N) is 2. The molecule has 12 heavy (non-hydrogen) atoms. The van der Waals surface area contributed by atoms with Gasteiger partial charge in [-0.3, -0.25) is 0 Å². The predicted molar refractivity (Wildman–Crippen MR) is 49.6 cm³/mol. The van der Waals surface area contributed by atoms with E-state index in [1.807, 2.05) is 12.1 Å². The van der Waals surface area contributed by atoms with E-state index in [2.05, 4.69) is 10.2 Å². The first-order chi connectivity index (χ1) is 5.79. The molecule has 0 unspecified atom stereocenters. The van der Waals surface area contributed by atoms with E-state index in [-0.39, 0.29) is 0 Å². The van der Waals surface area contributed by atoms with Gasteiger partial charge in [-0.25, -0.2) is 0 Å². The number of fused-ring (bicyclic) bond motifs is 1. The van der Waals surface area contributed by atoms with Gasteiger partial charge < -0.3 is 0 Å². The molecular formula is C8H4Cl2N2. The summed E-state index contributed by atoms with van der Waals surface area (Å²) in [5.74, 6) is 0. The summed E-state index contributed by atoms with van der Waals surface area (Å²) in [7, 11) is 0. The van der Waals surface area contributed by atoms with Crippen molar-refractivity contribution in [2.24, 2.45) is 0 Å². The number of aromatic nitrogens is 2. The van der Waals surface area contributed by atoms with Gasteiger partial charge in [-0.05, 0) is 12.1 Å². The average molecular weight is 199 g/mol. The van der Waals surface area contributed by atoms with Crippen LogP contribution in [0.4, 0.5) is 0 Å². The molecule has 1 aromatic carbocycles. The van der Waals surface area contributed by atoms with Crippen LogP contribution in [-0.2, 0) is 0 Å². The minimum Gasteiger partial charge on any atom is -0.157 e. The smallest absolute Gasteiger partial charge is 0.0959 e. The molecule has 0 aliphatic rings. The molecule has 2 aromatic rings. The fourth-order valence-corrected chi connectivity index (χ4v) is 1.60. The summed E-state index contributed by atoms with van der Waals surface area (Å²) in [4.78, 5) is 0. The van der Waals surface area contributed by atoms with E-state index in [1.54, 1.807) is 6.07 Å². The van der Waals surface area contributed by atoms with E-state index in [0.29, 0.717) is 10.0 Å². The Kier molecular flexibility index (Phi) is 1.87. The molecule has 0 N–H and O–H groups in total. The van der Waals surface area contributed by atoms with Crippen LogP contribution in [0, 0.1) is 0 Å². The van der Waals surface area contributed by atoms with Crippen LogP contribution in [0.25, 0.3) is 10.9 Å². The SMILES string of the molecule is Clc1cccc2nncc(Cl)c12. The zero-order valence-corrected chi connectivity index (χ0v) is 7.47. The number of hydrogen-bond donors (Lipinski definition) is 0. The van der Waals surface area contributed by atoms with Crippen molar-refractivity contribution in [1.29, 1.82) is 0 Å². The molecule has 0 radical (unpaired) electrons. The average Bonchev–Trinajstić information content (AvgIpc) is 2.04. The lowest BCUT2D eigenvalue weighted by Gasteiger charge is -1.98. The van der Waals surface area contributed by atoms with Gasteiger partial charge in [-0.1, -0.05) is 29.3 Å². The van der Waals surface area contributed by atoms with Crippen LogP contribution in [0.15, 0.2) is 24.4 Å². The zero-order chi connectivity index (χ0) is 8.55. The van der Waals surface area contributed by atoms with Gasteiger partial charge in [0.15, 0.2) is 0 Å². The molecule has 0 saturated carbocycles. The van der Waals surface area contributed by atoms with Crippen LogP contribution >= 0.6 is 23.2 Å². The van der Waals surface area contributed by atoms with E-state index >= 15 is 0 Å². The fourth-order valence-electron chi connectivity index (χ4n) is 1.04. The minimum atomic E-state index is 0.533. The quantitative estimate of drug-likeness (QED) is 0.651. The highest BCUT2D eigenvalue weighted by molar-refractivity contribution is 6.41. The molecule has 0 aliphatic heterocycles. The molecule has 0 spiro atoms. The third kappa shape index (κ3) is 1.13. The summed E-state index contributed by atoms with van der Waals surface area (Å²) in [6, 6.07) is 5.41. The highest BCUT2D eigenvalue weighted by Gasteiger charge is 2.03. The van der Waals surface area contributed by atoms with E-state index < -0.39 is 0 Å². The third-order valence-electron chi connectivity index (χ3n) is 1.57. The highest BCUT2D eigenvalue weighted by atomic mass is 35.5. The number of benzene rings is 1. The van der Waals surface area contributed by atoms with Gasteiger partial charge >= 0.3 is 0 Å². The Morgan fingerprint density at radius 2 is 1.92 bits per heavy atom. The molecule has 0 fully saturated rings. The van der Waals surface area contributed by atoms with Crippen molar-refractivity contribution in [2.75, 3.05) is 0 Å². The molecule has 2 rings (SSSR count). The standard InChI is InChI=1S/C8H4Cl2N2/c9-5-2-1-3-7-8(5)6(10)4-11-12-7/h1-4H. The van der Waals surface area contributed by atoms with Gasteiger partial charge in [0.1, 0.15) is 0 Å². The van der Waals surface area contributed by atoms with Crippen LogP contribution in [0.5, 0.6) is 0 Å². The molecule has 1 aromatic heterocycles. The maximum absolute atomic E-state index is 5.91. The summed E-state index contributed by atoms with van der Waals surface area (Å²) >= 11 is 11.8. The fraction of sp³-hybridized carbons (Fsp3) is 0. The van der Waals surface area contributed by atoms with Crippen molar-refractivity contribution < 1.29 is 0 Å². The first kappa shape index (κ1) is 7.77. The topological polar surface area (TPSA) is 25.8 Å². The van der Waals surface area contributed by atoms with Crippen molar-refractivity contribution >= 4 is 34.1 Å².